The van der Waals surface area contributed by atoms with E-state index in [1.807, 2.05) is 11.4 Å². The van der Waals surface area contributed by atoms with Crippen LogP contribution in [0.15, 0.2) is 17.5 Å². The van der Waals surface area contributed by atoms with E-state index in [-0.39, 0.29) is 17.9 Å². The van der Waals surface area contributed by atoms with Crippen LogP contribution in [0.1, 0.15) is 37.0 Å². The van der Waals surface area contributed by atoms with Crippen molar-refractivity contribution in [3.05, 3.63) is 22.4 Å². The normalized spacial score (nSPS) is 22.3. The number of carbonyl (C=O) groups is 2. The fourth-order valence-electron chi connectivity index (χ4n) is 2.51. The molecule has 5 heteroatoms. The largest absolute Gasteiger partial charge is 0.481 e. The molecule has 2 N–H and O–H groups in total. The molecule has 0 radical (unpaired) electrons. The molecule has 0 aromatic carbocycles. The van der Waals surface area contributed by atoms with Crippen molar-refractivity contribution in [1.82, 2.24) is 5.32 Å². The average molecular weight is 281 g/mol. The highest BCUT2D eigenvalue weighted by molar-refractivity contribution is 7.09. The van der Waals surface area contributed by atoms with Crippen LogP contribution in [0.5, 0.6) is 0 Å². The van der Waals surface area contributed by atoms with Crippen LogP contribution in [-0.4, -0.2) is 23.0 Å². The first-order chi connectivity index (χ1) is 9.15. The van der Waals surface area contributed by atoms with Crippen molar-refractivity contribution in [2.75, 3.05) is 0 Å². The summed E-state index contributed by atoms with van der Waals surface area (Å²) in [6.45, 7) is 0. The Bertz CT molecular complexity index is 430. The van der Waals surface area contributed by atoms with Crippen LogP contribution in [-0.2, 0) is 16.0 Å². The van der Waals surface area contributed by atoms with Gasteiger partial charge in [0.05, 0.1) is 5.92 Å². The molecule has 104 valence electrons. The summed E-state index contributed by atoms with van der Waals surface area (Å²) in [5.41, 5.74) is 0. The van der Waals surface area contributed by atoms with E-state index in [0.717, 1.165) is 19.3 Å². The molecule has 1 amide bonds. The molecule has 4 nitrogen and oxygen atoms in total. The second kappa shape index (κ2) is 6.70. The van der Waals surface area contributed by atoms with Gasteiger partial charge in [0.15, 0.2) is 0 Å². The van der Waals surface area contributed by atoms with E-state index in [0.29, 0.717) is 19.3 Å². The predicted molar refractivity (Wildman–Crippen MR) is 74.2 cm³/mol. The molecule has 1 heterocycles. The first-order valence-corrected chi connectivity index (χ1v) is 7.57. The minimum absolute atomic E-state index is 0.0487. The van der Waals surface area contributed by atoms with E-state index in [2.05, 4.69) is 11.4 Å². The van der Waals surface area contributed by atoms with Gasteiger partial charge >= 0.3 is 5.97 Å². The lowest BCUT2D eigenvalue weighted by atomic mass is 10.1. The molecule has 2 unspecified atom stereocenters. The first kappa shape index (κ1) is 14.1. The number of thiophene rings is 1. The molecule has 1 aliphatic rings. The fraction of sp³-hybridized carbons (Fsp3) is 0.571. The van der Waals surface area contributed by atoms with Gasteiger partial charge in [-0.2, -0.15) is 0 Å². The molecule has 0 aliphatic heterocycles. The Kier molecular flexibility index (Phi) is 4.96. The van der Waals surface area contributed by atoms with Gasteiger partial charge in [-0.05, 0) is 43.6 Å². The third-order valence-electron chi connectivity index (χ3n) is 3.55. The molecule has 1 saturated carbocycles. The SMILES string of the molecule is O=C(CCCc1cccs1)NC1CCC(C(=O)O)C1. The summed E-state index contributed by atoms with van der Waals surface area (Å²) < 4.78 is 0. The topological polar surface area (TPSA) is 66.4 Å². The second-order valence-corrected chi connectivity index (χ2v) is 6.08. The van der Waals surface area contributed by atoms with E-state index in [1.165, 1.54) is 4.88 Å². The Morgan fingerprint density at radius 3 is 2.89 bits per heavy atom. The Hall–Kier alpha value is -1.36. The number of hydrogen-bond acceptors (Lipinski definition) is 3. The maximum Gasteiger partial charge on any atom is 0.306 e. The Balaban J connectivity index is 1.63. The number of amides is 1. The minimum atomic E-state index is -0.741. The smallest absolute Gasteiger partial charge is 0.306 e. The molecular formula is C14H19NO3S. The van der Waals surface area contributed by atoms with Crippen LogP contribution in [0.3, 0.4) is 0 Å². The van der Waals surface area contributed by atoms with Gasteiger partial charge in [0.25, 0.3) is 0 Å². The molecule has 1 fully saturated rings. The summed E-state index contributed by atoms with van der Waals surface area (Å²) in [5, 5.41) is 13.9. The van der Waals surface area contributed by atoms with Crippen LogP contribution in [0, 0.1) is 5.92 Å². The zero-order valence-electron chi connectivity index (χ0n) is 10.8. The maximum atomic E-state index is 11.7. The lowest BCUT2D eigenvalue weighted by molar-refractivity contribution is -0.141. The third kappa shape index (κ3) is 4.35. The zero-order valence-corrected chi connectivity index (χ0v) is 11.6. The highest BCUT2D eigenvalue weighted by atomic mass is 32.1. The van der Waals surface area contributed by atoms with Crippen molar-refractivity contribution >= 4 is 23.2 Å². The van der Waals surface area contributed by atoms with Gasteiger partial charge in [0.2, 0.25) is 5.91 Å². The number of carboxylic acid groups (broad SMARTS) is 1. The second-order valence-electron chi connectivity index (χ2n) is 5.05. The summed E-state index contributed by atoms with van der Waals surface area (Å²) in [5.74, 6) is -0.974. The highest BCUT2D eigenvalue weighted by Crippen LogP contribution is 2.25. The van der Waals surface area contributed by atoms with Crippen molar-refractivity contribution in [2.45, 2.75) is 44.6 Å². The summed E-state index contributed by atoms with van der Waals surface area (Å²) in [4.78, 5) is 23.9. The molecule has 0 saturated heterocycles. The van der Waals surface area contributed by atoms with Gasteiger partial charge in [-0.3, -0.25) is 9.59 Å². The average Bonchev–Trinajstić information content (AvgIpc) is 3.00. The number of aliphatic carboxylic acids is 1. The van der Waals surface area contributed by atoms with Gasteiger partial charge in [-0.25, -0.2) is 0 Å². The van der Waals surface area contributed by atoms with Gasteiger partial charge < -0.3 is 10.4 Å². The van der Waals surface area contributed by atoms with E-state index in [9.17, 15) is 9.59 Å². The van der Waals surface area contributed by atoms with E-state index < -0.39 is 5.97 Å². The van der Waals surface area contributed by atoms with Crippen LogP contribution in [0.25, 0.3) is 0 Å². The quantitative estimate of drug-likeness (QED) is 0.841. The number of carbonyl (C=O) groups excluding carboxylic acids is 1. The van der Waals surface area contributed by atoms with Gasteiger partial charge in [-0.1, -0.05) is 6.07 Å². The van der Waals surface area contributed by atoms with E-state index in [4.69, 9.17) is 5.11 Å². The summed E-state index contributed by atoms with van der Waals surface area (Å²) in [6.07, 6.45) is 4.34. The van der Waals surface area contributed by atoms with Crippen molar-refractivity contribution in [3.63, 3.8) is 0 Å². The Labute approximate surface area is 116 Å². The maximum absolute atomic E-state index is 11.7. The van der Waals surface area contributed by atoms with Crippen molar-refractivity contribution < 1.29 is 14.7 Å². The Morgan fingerprint density at radius 2 is 2.26 bits per heavy atom. The first-order valence-electron chi connectivity index (χ1n) is 6.69. The van der Waals surface area contributed by atoms with Crippen molar-refractivity contribution in [1.29, 1.82) is 0 Å². The minimum Gasteiger partial charge on any atom is -0.481 e. The molecule has 1 aromatic rings. The fourth-order valence-corrected chi connectivity index (χ4v) is 3.27. The van der Waals surface area contributed by atoms with Crippen LogP contribution < -0.4 is 5.32 Å². The summed E-state index contributed by atoms with van der Waals surface area (Å²) in [7, 11) is 0. The molecular weight excluding hydrogens is 262 g/mol. The lowest BCUT2D eigenvalue weighted by Gasteiger charge is -2.12. The van der Waals surface area contributed by atoms with Gasteiger partial charge in [-0.15, -0.1) is 11.3 Å². The molecule has 0 spiro atoms. The van der Waals surface area contributed by atoms with Crippen LogP contribution in [0.4, 0.5) is 0 Å². The summed E-state index contributed by atoms with van der Waals surface area (Å²) >= 11 is 1.71. The molecule has 2 rings (SSSR count). The number of hydrogen-bond donors (Lipinski definition) is 2. The zero-order chi connectivity index (χ0) is 13.7. The standard InChI is InChI=1S/C14H19NO3S/c16-13(5-1-3-12-4-2-8-19-12)15-11-7-6-10(9-11)14(17)18/h2,4,8,10-11H,1,3,5-7,9H2,(H,15,16)(H,17,18). The monoisotopic (exact) mass is 281 g/mol. The highest BCUT2D eigenvalue weighted by Gasteiger charge is 2.30. The molecule has 1 aromatic heterocycles. The number of nitrogens with one attached hydrogen (secondary N) is 1. The predicted octanol–water partition coefficient (Wildman–Crippen LogP) is 2.44. The lowest BCUT2D eigenvalue weighted by Crippen LogP contribution is -2.33. The number of rotatable bonds is 6. The third-order valence-corrected chi connectivity index (χ3v) is 4.49. The van der Waals surface area contributed by atoms with Crippen molar-refractivity contribution in [2.24, 2.45) is 5.92 Å². The van der Waals surface area contributed by atoms with Crippen molar-refractivity contribution in [3.8, 4) is 0 Å². The number of carboxylic acids is 1. The van der Waals surface area contributed by atoms with Crippen LogP contribution in [0.2, 0.25) is 0 Å². The molecule has 19 heavy (non-hydrogen) atoms. The van der Waals surface area contributed by atoms with Gasteiger partial charge in [0.1, 0.15) is 0 Å². The Morgan fingerprint density at radius 1 is 1.42 bits per heavy atom. The van der Waals surface area contributed by atoms with E-state index in [1.54, 1.807) is 11.3 Å². The molecule has 0 bridgehead atoms. The summed E-state index contributed by atoms with van der Waals surface area (Å²) in [6, 6.07) is 4.15. The van der Waals surface area contributed by atoms with Crippen LogP contribution >= 0.6 is 11.3 Å². The van der Waals surface area contributed by atoms with Gasteiger partial charge in [0, 0.05) is 17.3 Å². The molecule has 2 atom stereocenters. The molecule has 1 aliphatic carbocycles. The number of aryl methyl sites for hydroxylation is 1. The van der Waals surface area contributed by atoms with E-state index >= 15 is 0 Å².